The predicted molar refractivity (Wildman–Crippen MR) is 95.4 cm³/mol. The van der Waals surface area contributed by atoms with Crippen molar-refractivity contribution in [2.45, 2.75) is 38.8 Å². The molecule has 2 aromatic rings. The molecule has 0 saturated carbocycles. The van der Waals surface area contributed by atoms with Crippen molar-refractivity contribution in [1.29, 1.82) is 0 Å². The number of sulfone groups is 1. The summed E-state index contributed by atoms with van der Waals surface area (Å²) in [7, 11) is -3.08. The standard InChI is InChI=1S/C17H21N3O4S/c1-2-3-9-20-17(22)14-7-5-4-6-13(14)15(19-20)16(21)18-12-8-10-25(23,24)11-12/h4-7,12H,2-3,8-11H2,1H3,(H,18,21)/t12-/m1/s1. The van der Waals surface area contributed by atoms with Gasteiger partial charge in [0, 0.05) is 18.0 Å². The summed E-state index contributed by atoms with van der Waals surface area (Å²) in [5.74, 6) is -0.405. The number of benzene rings is 1. The first-order valence-electron chi connectivity index (χ1n) is 8.42. The van der Waals surface area contributed by atoms with Crippen molar-refractivity contribution in [2.24, 2.45) is 0 Å². The van der Waals surface area contributed by atoms with Crippen LogP contribution in [0.25, 0.3) is 10.8 Å². The van der Waals surface area contributed by atoms with Crippen LogP contribution in [0.5, 0.6) is 0 Å². The van der Waals surface area contributed by atoms with E-state index in [0.29, 0.717) is 23.7 Å². The Hall–Kier alpha value is -2.22. The molecule has 2 heterocycles. The molecular weight excluding hydrogens is 342 g/mol. The maximum absolute atomic E-state index is 12.7. The van der Waals surface area contributed by atoms with Gasteiger partial charge in [-0.05, 0) is 18.9 Å². The summed E-state index contributed by atoms with van der Waals surface area (Å²) in [5.41, 5.74) is -0.0559. The fourth-order valence-electron chi connectivity index (χ4n) is 3.02. The van der Waals surface area contributed by atoms with E-state index < -0.39 is 21.8 Å². The van der Waals surface area contributed by atoms with E-state index in [1.165, 1.54) is 4.68 Å². The first-order valence-corrected chi connectivity index (χ1v) is 10.2. The highest BCUT2D eigenvalue weighted by atomic mass is 32.2. The Morgan fingerprint density at radius 3 is 2.68 bits per heavy atom. The number of nitrogens with zero attached hydrogens (tertiary/aromatic N) is 2. The van der Waals surface area contributed by atoms with Crippen LogP contribution in [-0.4, -0.2) is 41.7 Å². The average molecular weight is 363 g/mol. The molecule has 1 saturated heterocycles. The molecule has 1 N–H and O–H groups in total. The lowest BCUT2D eigenvalue weighted by Gasteiger charge is -2.13. The van der Waals surface area contributed by atoms with Gasteiger partial charge in [-0.15, -0.1) is 0 Å². The second-order valence-electron chi connectivity index (χ2n) is 6.35. The Morgan fingerprint density at radius 2 is 2.04 bits per heavy atom. The van der Waals surface area contributed by atoms with Gasteiger partial charge in [-0.1, -0.05) is 31.5 Å². The van der Waals surface area contributed by atoms with Crippen molar-refractivity contribution in [3.05, 3.63) is 40.3 Å². The van der Waals surface area contributed by atoms with Crippen LogP contribution >= 0.6 is 0 Å². The summed E-state index contributed by atoms with van der Waals surface area (Å²) in [6, 6.07) is 6.46. The van der Waals surface area contributed by atoms with Crippen molar-refractivity contribution in [3.63, 3.8) is 0 Å². The summed E-state index contributed by atoms with van der Waals surface area (Å²) < 4.78 is 24.5. The number of aryl methyl sites for hydroxylation is 1. The van der Waals surface area contributed by atoms with E-state index in [2.05, 4.69) is 10.4 Å². The Kier molecular flexibility index (Phi) is 4.89. The lowest BCUT2D eigenvalue weighted by molar-refractivity contribution is 0.0935. The van der Waals surface area contributed by atoms with E-state index in [0.717, 1.165) is 12.8 Å². The van der Waals surface area contributed by atoms with E-state index >= 15 is 0 Å². The second-order valence-corrected chi connectivity index (χ2v) is 8.58. The molecule has 8 heteroatoms. The van der Waals surface area contributed by atoms with Crippen LogP contribution in [0.2, 0.25) is 0 Å². The van der Waals surface area contributed by atoms with E-state index in [1.54, 1.807) is 24.3 Å². The molecule has 1 aromatic carbocycles. The molecule has 0 unspecified atom stereocenters. The second kappa shape index (κ2) is 6.95. The van der Waals surface area contributed by atoms with Crippen LogP contribution in [0, 0.1) is 0 Å². The van der Waals surface area contributed by atoms with Crippen LogP contribution in [0.4, 0.5) is 0 Å². The summed E-state index contributed by atoms with van der Waals surface area (Å²) in [6.45, 7) is 2.46. The summed E-state index contributed by atoms with van der Waals surface area (Å²) in [5, 5.41) is 7.94. The Bertz CT molecular complexity index is 966. The van der Waals surface area contributed by atoms with Crippen LogP contribution in [0.1, 0.15) is 36.7 Å². The molecule has 0 aliphatic carbocycles. The summed E-state index contributed by atoms with van der Waals surface area (Å²) >= 11 is 0. The Labute approximate surface area is 146 Å². The van der Waals surface area contributed by atoms with Gasteiger partial charge in [0.25, 0.3) is 11.5 Å². The quantitative estimate of drug-likeness (QED) is 0.858. The molecule has 134 valence electrons. The molecule has 1 amide bonds. The number of fused-ring (bicyclic) bond motifs is 1. The van der Waals surface area contributed by atoms with Gasteiger partial charge in [-0.2, -0.15) is 5.10 Å². The number of aromatic nitrogens is 2. The molecule has 1 fully saturated rings. The molecule has 7 nitrogen and oxygen atoms in total. The van der Waals surface area contributed by atoms with Crippen molar-refractivity contribution in [2.75, 3.05) is 11.5 Å². The highest BCUT2D eigenvalue weighted by molar-refractivity contribution is 7.91. The minimum Gasteiger partial charge on any atom is -0.347 e. The molecule has 1 atom stereocenters. The fourth-order valence-corrected chi connectivity index (χ4v) is 4.70. The third-order valence-corrected chi connectivity index (χ3v) is 6.14. The Balaban J connectivity index is 1.98. The first-order chi connectivity index (χ1) is 11.9. The number of amides is 1. The van der Waals surface area contributed by atoms with Gasteiger partial charge in [-0.25, -0.2) is 13.1 Å². The van der Waals surface area contributed by atoms with Gasteiger partial charge >= 0.3 is 0 Å². The number of nitrogens with one attached hydrogen (secondary N) is 1. The van der Waals surface area contributed by atoms with Crippen LogP contribution in [-0.2, 0) is 16.4 Å². The van der Waals surface area contributed by atoms with Crippen LogP contribution in [0.15, 0.2) is 29.1 Å². The van der Waals surface area contributed by atoms with Gasteiger partial charge < -0.3 is 5.32 Å². The van der Waals surface area contributed by atoms with Crippen molar-refractivity contribution >= 4 is 26.5 Å². The van der Waals surface area contributed by atoms with E-state index in [4.69, 9.17) is 0 Å². The molecular formula is C17H21N3O4S. The van der Waals surface area contributed by atoms with Gasteiger partial charge in [0.15, 0.2) is 15.5 Å². The molecule has 1 aromatic heterocycles. The number of unbranched alkanes of at least 4 members (excludes halogenated alkanes) is 1. The summed E-state index contributed by atoms with van der Waals surface area (Å²) in [6.07, 6.45) is 2.09. The molecule has 0 spiro atoms. The number of hydrogen-bond acceptors (Lipinski definition) is 5. The monoisotopic (exact) mass is 363 g/mol. The molecule has 0 bridgehead atoms. The average Bonchev–Trinajstić information content (AvgIpc) is 2.93. The van der Waals surface area contributed by atoms with Crippen molar-refractivity contribution in [3.8, 4) is 0 Å². The lowest BCUT2D eigenvalue weighted by atomic mass is 10.1. The SMILES string of the molecule is CCCCn1nc(C(=O)N[C@@H]2CCS(=O)(=O)C2)c2ccccc2c1=O. The minimum absolute atomic E-state index is 0.0495. The number of hydrogen-bond donors (Lipinski definition) is 1. The van der Waals surface area contributed by atoms with Crippen LogP contribution in [0.3, 0.4) is 0 Å². The zero-order valence-corrected chi connectivity index (χ0v) is 14.9. The van der Waals surface area contributed by atoms with Crippen molar-refractivity contribution in [1.82, 2.24) is 15.1 Å². The number of rotatable bonds is 5. The maximum Gasteiger partial charge on any atom is 0.274 e. The van der Waals surface area contributed by atoms with E-state index in [1.807, 2.05) is 6.92 Å². The summed E-state index contributed by atoms with van der Waals surface area (Å²) in [4.78, 5) is 25.2. The predicted octanol–water partition coefficient (Wildman–Crippen LogP) is 1.11. The van der Waals surface area contributed by atoms with Crippen molar-refractivity contribution < 1.29 is 13.2 Å². The molecule has 1 aliphatic heterocycles. The zero-order valence-electron chi connectivity index (χ0n) is 14.1. The molecule has 0 radical (unpaired) electrons. The molecule has 3 rings (SSSR count). The number of carbonyl (C=O) groups is 1. The van der Waals surface area contributed by atoms with E-state index in [9.17, 15) is 18.0 Å². The van der Waals surface area contributed by atoms with Crippen LogP contribution < -0.4 is 10.9 Å². The normalized spacial score (nSPS) is 19.2. The molecule has 1 aliphatic rings. The zero-order chi connectivity index (χ0) is 18.0. The number of carbonyl (C=O) groups excluding carboxylic acids is 1. The minimum atomic E-state index is -3.08. The van der Waals surface area contributed by atoms with Gasteiger partial charge in [0.1, 0.15) is 0 Å². The molecule has 25 heavy (non-hydrogen) atoms. The first kappa shape index (κ1) is 17.6. The highest BCUT2D eigenvalue weighted by Gasteiger charge is 2.30. The fraction of sp³-hybridized carbons (Fsp3) is 0.471. The highest BCUT2D eigenvalue weighted by Crippen LogP contribution is 2.16. The van der Waals surface area contributed by atoms with E-state index in [-0.39, 0.29) is 22.8 Å². The third kappa shape index (κ3) is 3.73. The topological polar surface area (TPSA) is 98.1 Å². The van der Waals surface area contributed by atoms with Gasteiger partial charge in [-0.3, -0.25) is 9.59 Å². The maximum atomic E-state index is 12.7. The van der Waals surface area contributed by atoms with Gasteiger partial charge in [0.2, 0.25) is 0 Å². The lowest BCUT2D eigenvalue weighted by Crippen LogP contribution is -2.37. The third-order valence-electron chi connectivity index (χ3n) is 4.37. The van der Waals surface area contributed by atoms with Gasteiger partial charge in [0.05, 0.1) is 16.9 Å². The Morgan fingerprint density at radius 1 is 1.32 bits per heavy atom. The largest absolute Gasteiger partial charge is 0.347 e. The smallest absolute Gasteiger partial charge is 0.274 e.